The molecule has 92 valence electrons. The fourth-order valence-corrected chi connectivity index (χ4v) is 1.38. The van der Waals surface area contributed by atoms with Crippen LogP contribution in [0.1, 0.15) is 33.2 Å². The largest absolute Gasteiger partial charge is 0.496 e. The zero-order valence-corrected chi connectivity index (χ0v) is 9.09. The number of aldehydes is 1. The van der Waals surface area contributed by atoms with Gasteiger partial charge in [0.15, 0.2) is 12.1 Å². The summed E-state index contributed by atoms with van der Waals surface area (Å²) in [6, 6.07) is 1.54. The zero-order valence-electron chi connectivity index (χ0n) is 9.09. The molecule has 0 saturated carbocycles. The number of Topliss-reactive ketones (excluding diaryl/α,β-unsaturated/α-hetero) is 1. The first-order valence-corrected chi connectivity index (χ1v) is 4.56. The van der Waals surface area contributed by atoms with Crippen LogP contribution in [0.5, 0.6) is 5.75 Å². The molecule has 0 spiro atoms. The Kier molecular flexibility index (Phi) is 3.55. The lowest BCUT2D eigenvalue weighted by atomic mass is 10.0. The molecule has 0 atom stereocenters. The summed E-state index contributed by atoms with van der Waals surface area (Å²) in [6.07, 6.45) is -4.61. The molecule has 0 saturated heterocycles. The number of hydrogen-bond donors (Lipinski definition) is 0. The van der Waals surface area contributed by atoms with Crippen molar-refractivity contribution in [1.29, 1.82) is 0 Å². The highest BCUT2D eigenvalue weighted by atomic mass is 19.4. The molecule has 0 aliphatic rings. The molecule has 0 aliphatic heterocycles. The van der Waals surface area contributed by atoms with Crippen molar-refractivity contribution in [3.8, 4) is 5.75 Å². The molecule has 1 aromatic carbocycles. The standard InChI is InChI=1S/C11H9F3O3/c1-6(16)8-4-9(11(12,13)14)7(5-15)3-10(8)17-2/h3-5H,1-2H3. The van der Waals surface area contributed by atoms with Crippen LogP contribution in [-0.2, 0) is 6.18 Å². The van der Waals surface area contributed by atoms with Gasteiger partial charge >= 0.3 is 6.18 Å². The zero-order chi connectivity index (χ0) is 13.2. The molecule has 17 heavy (non-hydrogen) atoms. The second kappa shape index (κ2) is 4.57. The van der Waals surface area contributed by atoms with E-state index < -0.39 is 23.1 Å². The van der Waals surface area contributed by atoms with E-state index in [1.54, 1.807) is 0 Å². The van der Waals surface area contributed by atoms with Gasteiger partial charge in [0.2, 0.25) is 0 Å². The molecule has 0 fully saturated rings. The van der Waals surface area contributed by atoms with Crippen LogP contribution in [0.2, 0.25) is 0 Å². The third kappa shape index (κ3) is 2.64. The van der Waals surface area contributed by atoms with Gasteiger partial charge in [-0.1, -0.05) is 0 Å². The van der Waals surface area contributed by atoms with Crippen LogP contribution in [0.4, 0.5) is 13.2 Å². The molecule has 0 bridgehead atoms. The van der Waals surface area contributed by atoms with E-state index in [2.05, 4.69) is 0 Å². The highest BCUT2D eigenvalue weighted by Gasteiger charge is 2.34. The highest BCUT2D eigenvalue weighted by Crippen LogP contribution is 2.35. The summed E-state index contributed by atoms with van der Waals surface area (Å²) in [5.74, 6) is -0.614. The van der Waals surface area contributed by atoms with Gasteiger partial charge in [0.1, 0.15) is 5.75 Å². The minimum absolute atomic E-state index is 0.0485. The van der Waals surface area contributed by atoms with E-state index in [0.717, 1.165) is 13.0 Å². The first kappa shape index (κ1) is 13.2. The predicted octanol–water partition coefficient (Wildman–Crippen LogP) is 2.73. The predicted molar refractivity (Wildman–Crippen MR) is 53.4 cm³/mol. The van der Waals surface area contributed by atoms with E-state index in [1.807, 2.05) is 0 Å². The van der Waals surface area contributed by atoms with Crippen LogP contribution in [0.25, 0.3) is 0 Å². The first-order valence-electron chi connectivity index (χ1n) is 4.56. The van der Waals surface area contributed by atoms with E-state index in [4.69, 9.17) is 4.74 Å². The highest BCUT2D eigenvalue weighted by molar-refractivity contribution is 5.98. The minimum Gasteiger partial charge on any atom is -0.496 e. The number of ether oxygens (including phenoxy) is 1. The fourth-order valence-electron chi connectivity index (χ4n) is 1.38. The van der Waals surface area contributed by atoms with Crippen LogP contribution in [0, 0.1) is 0 Å². The van der Waals surface area contributed by atoms with Gasteiger partial charge < -0.3 is 4.74 Å². The number of carbonyl (C=O) groups excluding carboxylic acids is 2. The lowest BCUT2D eigenvalue weighted by Gasteiger charge is -2.13. The maximum absolute atomic E-state index is 12.6. The smallest absolute Gasteiger partial charge is 0.417 e. The summed E-state index contributed by atoms with van der Waals surface area (Å²) >= 11 is 0. The monoisotopic (exact) mass is 246 g/mol. The Morgan fingerprint density at radius 3 is 2.29 bits per heavy atom. The summed E-state index contributed by atoms with van der Waals surface area (Å²) in [6.45, 7) is 1.12. The molecule has 0 radical (unpaired) electrons. The van der Waals surface area contributed by atoms with Crippen molar-refractivity contribution in [2.75, 3.05) is 7.11 Å². The van der Waals surface area contributed by atoms with Crippen LogP contribution in [-0.4, -0.2) is 19.2 Å². The van der Waals surface area contributed by atoms with Gasteiger partial charge in [-0.2, -0.15) is 13.2 Å². The molecule has 1 aromatic rings. The lowest BCUT2D eigenvalue weighted by Crippen LogP contribution is -2.11. The Balaban J connectivity index is 3.56. The maximum Gasteiger partial charge on any atom is 0.417 e. The van der Waals surface area contributed by atoms with Gasteiger partial charge in [0, 0.05) is 5.56 Å². The van der Waals surface area contributed by atoms with Gasteiger partial charge in [0.25, 0.3) is 0 Å². The lowest BCUT2D eigenvalue weighted by molar-refractivity contribution is -0.137. The Bertz CT molecular complexity index is 464. The normalized spacial score (nSPS) is 11.1. The third-order valence-electron chi connectivity index (χ3n) is 2.18. The molecule has 1 rings (SSSR count). The van der Waals surface area contributed by atoms with Crippen molar-refractivity contribution in [2.24, 2.45) is 0 Å². The van der Waals surface area contributed by atoms with E-state index in [9.17, 15) is 22.8 Å². The number of halogens is 3. The SMILES string of the molecule is COc1cc(C=O)c(C(F)(F)F)cc1C(C)=O. The van der Waals surface area contributed by atoms with Crippen molar-refractivity contribution < 1.29 is 27.5 Å². The second-order valence-corrected chi connectivity index (χ2v) is 3.31. The Morgan fingerprint density at radius 1 is 1.35 bits per heavy atom. The van der Waals surface area contributed by atoms with E-state index in [0.29, 0.717) is 6.07 Å². The molecule has 3 nitrogen and oxygen atoms in total. The Morgan fingerprint density at radius 2 is 1.94 bits per heavy atom. The van der Waals surface area contributed by atoms with Crippen molar-refractivity contribution in [1.82, 2.24) is 0 Å². The summed E-state index contributed by atoms with van der Waals surface area (Å²) in [4.78, 5) is 21.8. The fraction of sp³-hybridized carbons (Fsp3) is 0.273. The van der Waals surface area contributed by atoms with Crippen molar-refractivity contribution in [3.63, 3.8) is 0 Å². The molecular weight excluding hydrogens is 237 g/mol. The molecular formula is C11H9F3O3. The quantitative estimate of drug-likeness (QED) is 0.608. The first-order chi connectivity index (χ1) is 7.81. The van der Waals surface area contributed by atoms with Crippen LogP contribution in [0.3, 0.4) is 0 Å². The van der Waals surface area contributed by atoms with Gasteiger partial charge in [0.05, 0.1) is 18.2 Å². The molecule has 0 aromatic heterocycles. The van der Waals surface area contributed by atoms with Crippen molar-refractivity contribution >= 4 is 12.1 Å². The molecule has 0 aliphatic carbocycles. The van der Waals surface area contributed by atoms with Gasteiger partial charge in [-0.25, -0.2) is 0 Å². The summed E-state index contributed by atoms with van der Waals surface area (Å²) in [7, 11) is 1.21. The molecule has 0 heterocycles. The Hall–Kier alpha value is -1.85. The number of hydrogen-bond acceptors (Lipinski definition) is 3. The minimum atomic E-state index is -4.69. The number of methoxy groups -OCH3 is 1. The van der Waals surface area contributed by atoms with E-state index in [-0.39, 0.29) is 17.6 Å². The van der Waals surface area contributed by atoms with Crippen molar-refractivity contribution in [2.45, 2.75) is 13.1 Å². The second-order valence-electron chi connectivity index (χ2n) is 3.31. The number of benzene rings is 1. The summed E-state index contributed by atoms with van der Waals surface area (Å²) < 4.78 is 42.6. The molecule has 6 heteroatoms. The average molecular weight is 246 g/mol. The van der Waals surface area contributed by atoms with Crippen molar-refractivity contribution in [3.05, 3.63) is 28.8 Å². The van der Waals surface area contributed by atoms with Gasteiger partial charge in [-0.3, -0.25) is 9.59 Å². The van der Waals surface area contributed by atoms with Gasteiger partial charge in [-0.05, 0) is 19.1 Å². The van der Waals surface area contributed by atoms with Crippen LogP contribution < -0.4 is 4.74 Å². The summed E-state index contributed by atoms with van der Waals surface area (Å²) in [5.41, 5.74) is -1.90. The van der Waals surface area contributed by atoms with Crippen LogP contribution in [0.15, 0.2) is 12.1 Å². The van der Waals surface area contributed by atoms with Crippen LogP contribution >= 0.6 is 0 Å². The number of ketones is 1. The van der Waals surface area contributed by atoms with E-state index >= 15 is 0 Å². The average Bonchev–Trinajstić information content (AvgIpc) is 2.25. The third-order valence-corrected chi connectivity index (χ3v) is 2.18. The maximum atomic E-state index is 12.6. The number of carbonyl (C=O) groups is 2. The summed E-state index contributed by atoms with van der Waals surface area (Å²) in [5, 5.41) is 0. The number of rotatable bonds is 3. The Labute approximate surface area is 95.2 Å². The molecule has 0 N–H and O–H groups in total. The topological polar surface area (TPSA) is 43.4 Å². The number of alkyl halides is 3. The van der Waals surface area contributed by atoms with Gasteiger partial charge in [-0.15, -0.1) is 0 Å². The molecule has 0 unspecified atom stereocenters. The molecule has 0 amide bonds. The van der Waals surface area contributed by atoms with E-state index in [1.165, 1.54) is 7.11 Å².